The van der Waals surface area contributed by atoms with Crippen molar-refractivity contribution < 1.29 is 19.2 Å². The van der Waals surface area contributed by atoms with Crippen LogP contribution in [0.15, 0.2) is 23.6 Å². The summed E-state index contributed by atoms with van der Waals surface area (Å²) in [4.78, 5) is 58.6. The summed E-state index contributed by atoms with van der Waals surface area (Å²) < 4.78 is 0. The quantitative estimate of drug-likeness (QED) is 0.609. The Bertz CT molecular complexity index is 1310. The van der Waals surface area contributed by atoms with Crippen LogP contribution in [0.3, 0.4) is 0 Å². The van der Waals surface area contributed by atoms with Crippen LogP contribution in [-0.4, -0.2) is 78.1 Å². The predicted octanol–water partition coefficient (Wildman–Crippen LogP) is 3.36. The van der Waals surface area contributed by atoms with Crippen molar-refractivity contribution in [1.29, 1.82) is 0 Å². The summed E-state index contributed by atoms with van der Waals surface area (Å²) in [6.45, 7) is 11.0. The van der Waals surface area contributed by atoms with Gasteiger partial charge in [0.15, 0.2) is 5.78 Å². The minimum Gasteiger partial charge on any atom is -0.339 e. The van der Waals surface area contributed by atoms with E-state index in [2.05, 4.69) is 10.6 Å². The zero-order valence-corrected chi connectivity index (χ0v) is 24.1. The minimum atomic E-state index is -1.03. The summed E-state index contributed by atoms with van der Waals surface area (Å²) >= 11 is 1.43. The predicted molar refractivity (Wildman–Crippen MR) is 151 cm³/mol. The summed E-state index contributed by atoms with van der Waals surface area (Å²) in [5, 5.41) is 8.41. The third-order valence-electron chi connectivity index (χ3n) is 8.53. The Kier molecular flexibility index (Phi) is 7.41. The first kappa shape index (κ1) is 27.5. The maximum atomic E-state index is 14.2. The molecule has 2 N–H and O–H groups in total. The molecule has 1 aromatic carbocycles. The Morgan fingerprint density at radius 2 is 1.69 bits per heavy atom. The molecule has 9 heteroatoms. The van der Waals surface area contributed by atoms with Crippen LogP contribution in [0, 0.1) is 19.3 Å². The highest BCUT2D eigenvalue weighted by molar-refractivity contribution is 7.12. The van der Waals surface area contributed by atoms with Gasteiger partial charge in [0.2, 0.25) is 5.91 Å². The van der Waals surface area contributed by atoms with Gasteiger partial charge >= 0.3 is 0 Å². The molecule has 1 aromatic heterocycles. The van der Waals surface area contributed by atoms with Crippen molar-refractivity contribution in [2.45, 2.75) is 58.9 Å². The molecule has 3 aliphatic rings. The van der Waals surface area contributed by atoms with E-state index in [4.69, 9.17) is 0 Å². The van der Waals surface area contributed by atoms with Crippen LogP contribution in [0.1, 0.15) is 80.2 Å². The minimum absolute atomic E-state index is 0.00496. The standard InChI is InChI=1S/C30H38N4O4S/c1-19-17-20(2)24(21-18-29(3,4)25(35)23(19)21)26(36)32-30(8-10-31-11-9-30)28(38)34-13-6-12-33(14-15-34)27(37)22-7-5-16-39-22/h5,7,16-17,31H,6,8-15,18H2,1-4H3,(H,32,36). The van der Waals surface area contributed by atoms with Crippen molar-refractivity contribution in [3.8, 4) is 0 Å². The number of fused-ring (bicyclic) bond motifs is 1. The van der Waals surface area contributed by atoms with Gasteiger partial charge in [0, 0.05) is 42.7 Å². The summed E-state index contributed by atoms with van der Waals surface area (Å²) in [6, 6.07) is 5.62. The van der Waals surface area contributed by atoms with E-state index >= 15 is 0 Å². The molecule has 0 unspecified atom stereocenters. The van der Waals surface area contributed by atoms with Gasteiger partial charge < -0.3 is 20.4 Å². The van der Waals surface area contributed by atoms with Crippen molar-refractivity contribution in [2.24, 2.45) is 5.41 Å². The molecule has 2 aliphatic heterocycles. The lowest BCUT2D eigenvalue weighted by Crippen LogP contribution is -2.64. The molecule has 0 atom stereocenters. The topological polar surface area (TPSA) is 98.8 Å². The molecule has 2 aromatic rings. The third-order valence-corrected chi connectivity index (χ3v) is 9.39. The number of amides is 3. The molecule has 0 radical (unpaired) electrons. The smallest absolute Gasteiger partial charge is 0.263 e. The highest BCUT2D eigenvalue weighted by atomic mass is 32.1. The average molecular weight is 551 g/mol. The first-order chi connectivity index (χ1) is 18.5. The molecule has 2 saturated heterocycles. The Labute approximate surface area is 234 Å². The SMILES string of the molecule is Cc1cc(C)c2c(c1C(=O)NC1(C(=O)N3CCCN(C(=O)c4cccs4)CC3)CCNCC1)CC(C)(C)C2=O. The molecular weight excluding hydrogens is 512 g/mol. The van der Waals surface area contributed by atoms with Crippen LogP contribution in [-0.2, 0) is 11.2 Å². The molecule has 5 rings (SSSR count). The Balaban J connectivity index is 1.39. The fourth-order valence-electron chi connectivity index (χ4n) is 6.45. The molecule has 3 heterocycles. The number of rotatable bonds is 4. The van der Waals surface area contributed by atoms with Crippen LogP contribution < -0.4 is 10.6 Å². The average Bonchev–Trinajstić information content (AvgIpc) is 3.42. The molecule has 0 saturated carbocycles. The van der Waals surface area contributed by atoms with Crippen LogP contribution in [0.25, 0.3) is 0 Å². The first-order valence-electron chi connectivity index (χ1n) is 13.9. The normalized spacial score (nSPS) is 20.4. The summed E-state index contributed by atoms with van der Waals surface area (Å²) in [5.74, 6) is -0.289. The van der Waals surface area contributed by atoms with Crippen LogP contribution in [0.2, 0.25) is 0 Å². The molecule has 2 fully saturated rings. The van der Waals surface area contributed by atoms with Gasteiger partial charge in [-0.15, -0.1) is 11.3 Å². The fourth-order valence-corrected chi connectivity index (χ4v) is 7.14. The largest absolute Gasteiger partial charge is 0.339 e. The Hall–Kier alpha value is -3.04. The van der Waals surface area contributed by atoms with Crippen molar-refractivity contribution in [3.05, 3.63) is 56.3 Å². The van der Waals surface area contributed by atoms with E-state index in [1.807, 2.05) is 61.1 Å². The van der Waals surface area contributed by atoms with Crippen molar-refractivity contribution >= 4 is 34.8 Å². The van der Waals surface area contributed by atoms with E-state index in [9.17, 15) is 19.2 Å². The Morgan fingerprint density at radius 3 is 2.38 bits per heavy atom. The van der Waals surface area contributed by atoms with E-state index in [-0.39, 0.29) is 23.5 Å². The monoisotopic (exact) mass is 550 g/mol. The van der Waals surface area contributed by atoms with Gasteiger partial charge in [0.1, 0.15) is 5.54 Å². The Morgan fingerprint density at radius 1 is 1.00 bits per heavy atom. The van der Waals surface area contributed by atoms with Gasteiger partial charge in [-0.1, -0.05) is 26.0 Å². The summed E-state index contributed by atoms with van der Waals surface area (Å²) in [5.41, 5.74) is 2.12. The maximum absolute atomic E-state index is 14.2. The van der Waals surface area contributed by atoms with E-state index in [1.54, 1.807) is 0 Å². The lowest BCUT2D eigenvalue weighted by Gasteiger charge is -2.40. The van der Waals surface area contributed by atoms with Gasteiger partial charge in [-0.25, -0.2) is 0 Å². The second-order valence-electron chi connectivity index (χ2n) is 11.8. The van der Waals surface area contributed by atoms with Crippen LogP contribution in [0.4, 0.5) is 0 Å². The third kappa shape index (κ3) is 5.02. The molecule has 0 bridgehead atoms. The number of hydrogen-bond donors (Lipinski definition) is 2. The number of carbonyl (C=O) groups excluding carboxylic acids is 4. The zero-order chi connectivity index (χ0) is 27.9. The number of hydrogen-bond acceptors (Lipinski definition) is 6. The summed E-state index contributed by atoms with van der Waals surface area (Å²) in [6.07, 6.45) is 2.18. The van der Waals surface area contributed by atoms with E-state index < -0.39 is 11.0 Å². The number of nitrogens with zero attached hydrogens (tertiary/aromatic N) is 2. The number of benzene rings is 1. The number of aryl methyl sites for hydroxylation is 2. The lowest BCUT2D eigenvalue weighted by atomic mass is 9.85. The molecule has 3 amide bonds. The zero-order valence-electron chi connectivity index (χ0n) is 23.3. The number of thiophene rings is 1. The number of Topliss-reactive ketones (excluding diaryl/α,β-unsaturated/α-hetero) is 1. The molecular formula is C30H38N4O4S. The second-order valence-corrected chi connectivity index (χ2v) is 12.8. The summed E-state index contributed by atoms with van der Waals surface area (Å²) in [7, 11) is 0. The highest BCUT2D eigenvalue weighted by Gasteiger charge is 2.46. The molecule has 39 heavy (non-hydrogen) atoms. The van der Waals surface area contributed by atoms with E-state index in [1.165, 1.54) is 11.3 Å². The molecule has 8 nitrogen and oxygen atoms in total. The number of piperidine rings is 1. The maximum Gasteiger partial charge on any atom is 0.263 e. The highest BCUT2D eigenvalue weighted by Crippen LogP contribution is 2.41. The number of carbonyl (C=O) groups is 4. The number of ketones is 1. The van der Waals surface area contributed by atoms with Crippen molar-refractivity contribution in [1.82, 2.24) is 20.4 Å². The van der Waals surface area contributed by atoms with Gasteiger partial charge in [-0.2, -0.15) is 0 Å². The van der Waals surface area contributed by atoms with E-state index in [0.29, 0.717) is 81.0 Å². The van der Waals surface area contributed by atoms with E-state index in [0.717, 1.165) is 16.7 Å². The van der Waals surface area contributed by atoms with Crippen LogP contribution >= 0.6 is 11.3 Å². The van der Waals surface area contributed by atoms with Crippen LogP contribution in [0.5, 0.6) is 0 Å². The lowest BCUT2D eigenvalue weighted by molar-refractivity contribution is -0.139. The van der Waals surface area contributed by atoms with Gasteiger partial charge in [-0.05, 0) is 80.8 Å². The van der Waals surface area contributed by atoms with Gasteiger partial charge in [0.25, 0.3) is 11.8 Å². The second kappa shape index (κ2) is 10.5. The number of nitrogens with one attached hydrogen (secondary N) is 2. The molecule has 208 valence electrons. The fraction of sp³-hybridized carbons (Fsp3) is 0.533. The molecule has 0 spiro atoms. The van der Waals surface area contributed by atoms with Crippen molar-refractivity contribution in [2.75, 3.05) is 39.3 Å². The van der Waals surface area contributed by atoms with Crippen molar-refractivity contribution in [3.63, 3.8) is 0 Å². The van der Waals surface area contributed by atoms with Gasteiger partial charge in [-0.3, -0.25) is 19.2 Å². The van der Waals surface area contributed by atoms with Gasteiger partial charge in [0.05, 0.1) is 4.88 Å². The first-order valence-corrected chi connectivity index (χ1v) is 14.8. The molecule has 1 aliphatic carbocycles.